The zero-order valence-corrected chi connectivity index (χ0v) is 26.1. The highest BCUT2D eigenvalue weighted by atomic mass is 32.1. The molecule has 222 valence electrons. The van der Waals surface area contributed by atoms with E-state index in [1.165, 1.54) is 16.7 Å². The lowest BCUT2D eigenvalue weighted by Gasteiger charge is -2.28. The zero-order valence-electron chi connectivity index (χ0n) is 25.2. The first-order chi connectivity index (χ1) is 21.3. The van der Waals surface area contributed by atoms with Gasteiger partial charge < -0.3 is 24.8 Å². The molecule has 1 amide bonds. The monoisotopic (exact) mass is 601 g/mol. The smallest absolute Gasteiger partial charge is 0.262 e. The van der Waals surface area contributed by atoms with Crippen LogP contribution < -0.4 is 20.3 Å². The molecule has 1 fully saturated rings. The standard InChI is InChI=1S/C36H35N5O2S/c1-23-18-24(2)20-29(19-23)40-25(3)21-31(26(40)4)35-34(32-12-8-9-17-37-32)39-36(44)41(35)28-15-13-27(14-16-28)38-33(42)22-43-30-10-6-5-7-11-30/h5-21,34-35H,22H2,1-4H3,(H,38,42)(H,39,44)/t34-,35-/m1/s1. The van der Waals surface area contributed by atoms with Gasteiger partial charge in [-0.05, 0) is 123 Å². The summed E-state index contributed by atoms with van der Waals surface area (Å²) < 4.78 is 7.91. The maximum atomic E-state index is 12.6. The number of carbonyl (C=O) groups excluding carboxylic acids is 1. The molecule has 5 aromatic rings. The summed E-state index contributed by atoms with van der Waals surface area (Å²) in [6.45, 7) is 8.51. The fourth-order valence-electron chi connectivity index (χ4n) is 6.08. The van der Waals surface area contributed by atoms with Gasteiger partial charge in [-0.2, -0.15) is 0 Å². The highest BCUT2D eigenvalue weighted by Gasteiger charge is 2.42. The first kappa shape index (κ1) is 29.1. The number of nitrogens with zero attached hydrogens (tertiary/aromatic N) is 3. The molecule has 3 aromatic carbocycles. The second-order valence-electron chi connectivity index (χ2n) is 11.2. The topological polar surface area (TPSA) is 71.4 Å². The molecule has 1 aliphatic rings. The summed E-state index contributed by atoms with van der Waals surface area (Å²) in [6.07, 6.45) is 1.82. The Morgan fingerprint density at radius 1 is 0.886 bits per heavy atom. The molecular formula is C36H35N5O2S. The lowest BCUT2D eigenvalue weighted by atomic mass is 9.96. The van der Waals surface area contributed by atoms with Crippen LogP contribution in [0.5, 0.6) is 5.75 Å². The average molecular weight is 602 g/mol. The number of para-hydroxylation sites is 1. The van der Waals surface area contributed by atoms with Crippen molar-refractivity contribution in [3.63, 3.8) is 0 Å². The van der Waals surface area contributed by atoms with Gasteiger partial charge in [-0.25, -0.2) is 0 Å². The van der Waals surface area contributed by atoms with E-state index in [4.69, 9.17) is 21.9 Å². The van der Waals surface area contributed by atoms with E-state index >= 15 is 0 Å². The van der Waals surface area contributed by atoms with E-state index in [-0.39, 0.29) is 24.6 Å². The van der Waals surface area contributed by atoms with Crippen LogP contribution in [0.3, 0.4) is 0 Å². The molecule has 2 aromatic heterocycles. The summed E-state index contributed by atoms with van der Waals surface area (Å²) in [6, 6.07) is 31.6. The van der Waals surface area contributed by atoms with Crippen LogP contribution >= 0.6 is 12.2 Å². The van der Waals surface area contributed by atoms with E-state index in [0.717, 1.165) is 28.5 Å². The number of anilines is 2. The number of rotatable bonds is 8. The third-order valence-corrected chi connectivity index (χ3v) is 8.21. The highest BCUT2D eigenvalue weighted by molar-refractivity contribution is 7.80. The predicted molar refractivity (Wildman–Crippen MR) is 180 cm³/mol. The summed E-state index contributed by atoms with van der Waals surface area (Å²) in [5.74, 6) is 0.422. The first-order valence-electron chi connectivity index (χ1n) is 14.6. The molecule has 1 saturated heterocycles. The normalized spacial score (nSPS) is 16.1. The summed E-state index contributed by atoms with van der Waals surface area (Å²) in [7, 11) is 0. The van der Waals surface area contributed by atoms with Crippen LogP contribution in [0.2, 0.25) is 0 Å². The van der Waals surface area contributed by atoms with Gasteiger partial charge in [0.25, 0.3) is 5.91 Å². The number of thiocarbonyl (C=S) groups is 1. The Morgan fingerprint density at radius 2 is 1.59 bits per heavy atom. The molecule has 0 aliphatic carbocycles. The number of carbonyl (C=O) groups is 1. The number of hydrogen-bond acceptors (Lipinski definition) is 4. The zero-order chi connectivity index (χ0) is 30.8. The van der Waals surface area contributed by atoms with E-state index in [9.17, 15) is 4.79 Å². The van der Waals surface area contributed by atoms with Crippen molar-refractivity contribution in [3.8, 4) is 11.4 Å². The van der Waals surface area contributed by atoms with E-state index in [1.54, 1.807) is 0 Å². The molecule has 2 N–H and O–H groups in total. The number of ether oxygens (including phenoxy) is 1. The molecule has 2 atom stereocenters. The van der Waals surface area contributed by atoms with Crippen molar-refractivity contribution in [1.82, 2.24) is 14.9 Å². The van der Waals surface area contributed by atoms with Gasteiger partial charge in [0.15, 0.2) is 11.7 Å². The quantitative estimate of drug-likeness (QED) is 0.182. The van der Waals surface area contributed by atoms with E-state index in [2.05, 4.69) is 72.1 Å². The summed E-state index contributed by atoms with van der Waals surface area (Å²) in [5, 5.41) is 7.10. The van der Waals surface area contributed by atoms with Gasteiger partial charge >= 0.3 is 0 Å². The number of amides is 1. The third kappa shape index (κ3) is 5.94. The van der Waals surface area contributed by atoms with E-state index < -0.39 is 0 Å². The Kier molecular flexibility index (Phi) is 8.17. The molecule has 0 radical (unpaired) electrons. The molecule has 44 heavy (non-hydrogen) atoms. The van der Waals surface area contributed by atoms with Crippen LogP contribution in [-0.2, 0) is 4.79 Å². The van der Waals surface area contributed by atoms with Gasteiger partial charge in [0.1, 0.15) is 5.75 Å². The summed E-state index contributed by atoms with van der Waals surface area (Å²) in [4.78, 5) is 19.4. The van der Waals surface area contributed by atoms with Crippen molar-refractivity contribution >= 4 is 34.6 Å². The summed E-state index contributed by atoms with van der Waals surface area (Å²) >= 11 is 5.96. The lowest BCUT2D eigenvalue weighted by molar-refractivity contribution is -0.118. The Morgan fingerprint density at radius 3 is 2.27 bits per heavy atom. The number of benzene rings is 3. The average Bonchev–Trinajstić information content (AvgIpc) is 3.51. The summed E-state index contributed by atoms with van der Waals surface area (Å²) in [5.41, 5.74) is 9.58. The number of pyridine rings is 1. The third-order valence-electron chi connectivity index (χ3n) is 7.89. The van der Waals surface area contributed by atoms with Gasteiger partial charge in [0.2, 0.25) is 0 Å². The van der Waals surface area contributed by atoms with Gasteiger partial charge in [0, 0.05) is 34.6 Å². The molecule has 6 rings (SSSR count). The molecule has 7 nitrogen and oxygen atoms in total. The van der Waals surface area contributed by atoms with Gasteiger partial charge in [0.05, 0.1) is 17.8 Å². The van der Waals surface area contributed by atoms with Crippen molar-refractivity contribution < 1.29 is 9.53 Å². The highest BCUT2D eigenvalue weighted by Crippen LogP contribution is 2.44. The largest absolute Gasteiger partial charge is 0.484 e. The van der Waals surface area contributed by atoms with Crippen LogP contribution in [0.4, 0.5) is 11.4 Å². The number of aryl methyl sites for hydroxylation is 3. The van der Waals surface area contributed by atoms with E-state index in [1.807, 2.05) is 79.0 Å². The van der Waals surface area contributed by atoms with Gasteiger partial charge in [-0.15, -0.1) is 0 Å². The van der Waals surface area contributed by atoms with Crippen LogP contribution in [0.25, 0.3) is 5.69 Å². The Bertz CT molecular complexity index is 1780. The van der Waals surface area contributed by atoms with E-state index in [0.29, 0.717) is 16.5 Å². The SMILES string of the molecule is Cc1cc(C)cc(-n2c(C)cc([C@@H]3[C@@H](c4ccccn4)NC(=S)N3c3ccc(NC(=O)COc4ccccc4)cc3)c2C)c1. The Balaban J connectivity index is 1.32. The number of aromatic nitrogens is 2. The fraction of sp³-hybridized carbons (Fsp3) is 0.194. The minimum absolute atomic E-state index is 0.0736. The molecule has 0 bridgehead atoms. The predicted octanol–water partition coefficient (Wildman–Crippen LogP) is 7.30. The molecule has 0 unspecified atom stereocenters. The molecule has 3 heterocycles. The minimum Gasteiger partial charge on any atom is -0.484 e. The Labute approximate surface area is 263 Å². The van der Waals surface area contributed by atoms with Crippen LogP contribution in [0.15, 0.2) is 103 Å². The van der Waals surface area contributed by atoms with Crippen molar-refractivity contribution in [2.24, 2.45) is 0 Å². The van der Waals surface area contributed by atoms with Crippen LogP contribution in [-0.4, -0.2) is 27.2 Å². The number of nitrogens with one attached hydrogen (secondary N) is 2. The molecule has 0 saturated carbocycles. The minimum atomic E-state index is -0.230. The van der Waals surface area contributed by atoms with Gasteiger partial charge in [-0.3, -0.25) is 9.78 Å². The van der Waals surface area contributed by atoms with Crippen LogP contribution in [0.1, 0.15) is 45.9 Å². The van der Waals surface area contributed by atoms with Crippen molar-refractivity contribution in [2.45, 2.75) is 39.8 Å². The Hall–Kier alpha value is -4.95. The molecular weight excluding hydrogens is 566 g/mol. The maximum Gasteiger partial charge on any atom is 0.262 e. The fourth-order valence-corrected chi connectivity index (χ4v) is 6.43. The van der Waals surface area contributed by atoms with Crippen molar-refractivity contribution in [3.05, 3.63) is 137 Å². The van der Waals surface area contributed by atoms with Crippen LogP contribution in [0, 0.1) is 27.7 Å². The maximum absolute atomic E-state index is 12.6. The molecule has 8 heteroatoms. The first-order valence-corrected chi connectivity index (χ1v) is 15.1. The second-order valence-corrected chi connectivity index (χ2v) is 11.6. The molecule has 1 aliphatic heterocycles. The van der Waals surface area contributed by atoms with Gasteiger partial charge in [-0.1, -0.05) is 30.3 Å². The lowest BCUT2D eigenvalue weighted by Crippen LogP contribution is -2.29. The molecule has 0 spiro atoms. The second kappa shape index (κ2) is 12.3. The number of hydrogen-bond donors (Lipinski definition) is 2. The van der Waals surface area contributed by atoms with Crippen molar-refractivity contribution in [1.29, 1.82) is 0 Å². The van der Waals surface area contributed by atoms with Crippen molar-refractivity contribution in [2.75, 3.05) is 16.8 Å².